The van der Waals surface area contributed by atoms with Crippen molar-refractivity contribution in [3.63, 3.8) is 0 Å². The smallest absolute Gasteiger partial charge is 0.416 e. The van der Waals surface area contributed by atoms with Gasteiger partial charge in [-0.05, 0) is 54.3 Å². The summed E-state index contributed by atoms with van der Waals surface area (Å²) in [6, 6.07) is 4.01. The third-order valence-corrected chi connectivity index (χ3v) is 5.08. The maximum absolute atomic E-state index is 13.2. The number of nitrogens with zero attached hydrogens (tertiary/aromatic N) is 2. The molecule has 1 aromatic carbocycles. The highest BCUT2D eigenvalue weighted by molar-refractivity contribution is 5.82. The lowest BCUT2D eigenvalue weighted by atomic mass is 10.00. The number of allylic oxidation sites excluding steroid dienone is 4. The lowest BCUT2D eigenvalue weighted by Gasteiger charge is -2.18. The number of aliphatic imine (C=N–C) groups is 1. The molecule has 0 spiro atoms. The van der Waals surface area contributed by atoms with E-state index in [0.29, 0.717) is 24.3 Å². The van der Waals surface area contributed by atoms with Crippen molar-refractivity contribution >= 4 is 11.7 Å². The first-order valence-corrected chi connectivity index (χ1v) is 10.2. The Morgan fingerprint density at radius 3 is 2.32 bits per heavy atom. The zero-order valence-electron chi connectivity index (χ0n) is 17.6. The Kier molecular flexibility index (Phi) is 6.49. The highest BCUT2D eigenvalue weighted by Crippen LogP contribution is 2.39. The van der Waals surface area contributed by atoms with Gasteiger partial charge in [0.15, 0.2) is 12.4 Å². The summed E-state index contributed by atoms with van der Waals surface area (Å²) in [6.45, 7) is 0.0101. The fourth-order valence-electron chi connectivity index (χ4n) is 3.48. The number of ether oxygens (including phenoxy) is 2. The van der Waals surface area contributed by atoms with Crippen LogP contribution in [-0.2, 0) is 21.8 Å². The predicted molar refractivity (Wildman–Crippen MR) is 113 cm³/mol. The molecule has 10 heteroatoms. The van der Waals surface area contributed by atoms with E-state index in [1.807, 2.05) is 12.2 Å². The summed E-state index contributed by atoms with van der Waals surface area (Å²) in [5.41, 5.74) is -1.80. The molecule has 0 N–H and O–H groups in total. The standard InChI is InChI=1S/C24H18F6N2O2/c25-23(26,27)18-9-17(10-19(12-18)24(28,29)30)16-6-7-31-21(11-16)32-22-14-33-13-20(34-22)8-15-4-2-1-3-5-15/h1-2,4,6-7,9-13H,3,5,8,14H2. The molecule has 1 aliphatic heterocycles. The summed E-state index contributed by atoms with van der Waals surface area (Å²) in [5, 5.41) is 0. The maximum Gasteiger partial charge on any atom is 0.416 e. The van der Waals surface area contributed by atoms with E-state index in [2.05, 4.69) is 16.1 Å². The van der Waals surface area contributed by atoms with E-state index in [-0.39, 0.29) is 35.5 Å². The van der Waals surface area contributed by atoms with Gasteiger partial charge in [0, 0.05) is 12.6 Å². The molecule has 0 saturated carbocycles. The molecule has 0 bridgehead atoms. The van der Waals surface area contributed by atoms with Gasteiger partial charge < -0.3 is 9.47 Å². The van der Waals surface area contributed by atoms with E-state index in [4.69, 9.17) is 9.47 Å². The fourth-order valence-corrected chi connectivity index (χ4v) is 3.48. The second-order valence-electron chi connectivity index (χ2n) is 7.67. The third kappa shape index (κ3) is 5.86. The van der Waals surface area contributed by atoms with Crippen LogP contribution < -0.4 is 0 Å². The molecular formula is C24H18F6N2O2. The molecular weight excluding hydrogens is 462 g/mol. The van der Waals surface area contributed by atoms with Crippen molar-refractivity contribution in [2.75, 3.05) is 6.61 Å². The number of hydrogen-bond donors (Lipinski definition) is 0. The molecule has 4 rings (SSSR count). The molecule has 0 saturated heterocycles. The Hall–Kier alpha value is -3.56. The Morgan fingerprint density at radius 1 is 0.941 bits per heavy atom. The predicted octanol–water partition coefficient (Wildman–Crippen LogP) is 7.37. The normalized spacial score (nSPS) is 17.6. The summed E-state index contributed by atoms with van der Waals surface area (Å²) in [7, 11) is 0. The van der Waals surface area contributed by atoms with Crippen LogP contribution in [0.4, 0.5) is 32.2 Å². The molecule has 0 amide bonds. The van der Waals surface area contributed by atoms with Gasteiger partial charge in [0.1, 0.15) is 12.0 Å². The van der Waals surface area contributed by atoms with Crippen LogP contribution in [0.1, 0.15) is 30.4 Å². The first-order chi connectivity index (χ1) is 16.1. The minimum atomic E-state index is -4.94. The van der Waals surface area contributed by atoms with Crippen LogP contribution in [0.25, 0.3) is 11.1 Å². The Bertz CT molecular complexity index is 1160. The van der Waals surface area contributed by atoms with Crippen molar-refractivity contribution < 1.29 is 35.8 Å². The van der Waals surface area contributed by atoms with Gasteiger partial charge in [0.25, 0.3) is 0 Å². The molecule has 34 heavy (non-hydrogen) atoms. The van der Waals surface area contributed by atoms with Gasteiger partial charge in [0.05, 0.1) is 11.1 Å². The minimum Gasteiger partial charge on any atom is -0.488 e. The molecule has 2 heterocycles. The molecule has 1 aliphatic carbocycles. The second kappa shape index (κ2) is 9.36. The Morgan fingerprint density at radius 2 is 1.68 bits per heavy atom. The molecule has 2 aromatic rings. The van der Waals surface area contributed by atoms with Crippen LogP contribution in [0.2, 0.25) is 0 Å². The third-order valence-electron chi connectivity index (χ3n) is 5.08. The van der Waals surface area contributed by atoms with Crippen molar-refractivity contribution in [3.8, 4) is 11.1 Å². The maximum atomic E-state index is 13.2. The first kappa shape index (κ1) is 23.6. The monoisotopic (exact) mass is 480 g/mol. The van der Waals surface area contributed by atoms with Crippen molar-refractivity contribution in [2.45, 2.75) is 31.6 Å². The topological polar surface area (TPSA) is 43.7 Å². The number of hydrogen-bond acceptors (Lipinski definition) is 4. The molecule has 4 nitrogen and oxygen atoms in total. The SMILES string of the molecule is FC(F)(F)c1cc(-c2ccnc(N=C3COC=C(CC4=CC=CCC4)O3)c2)cc(C(F)(F)F)c1. The van der Waals surface area contributed by atoms with E-state index in [0.717, 1.165) is 18.4 Å². The summed E-state index contributed by atoms with van der Waals surface area (Å²) in [5.74, 6) is 0.771. The second-order valence-corrected chi connectivity index (χ2v) is 7.67. The van der Waals surface area contributed by atoms with Gasteiger partial charge in [0.2, 0.25) is 5.90 Å². The van der Waals surface area contributed by atoms with Gasteiger partial charge >= 0.3 is 12.4 Å². The molecule has 178 valence electrons. The van der Waals surface area contributed by atoms with Gasteiger partial charge in [-0.15, -0.1) is 0 Å². The largest absolute Gasteiger partial charge is 0.488 e. The quantitative estimate of drug-likeness (QED) is 0.429. The van der Waals surface area contributed by atoms with Crippen molar-refractivity contribution in [2.24, 2.45) is 4.99 Å². The molecule has 0 radical (unpaired) electrons. The number of rotatable bonds is 4. The lowest BCUT2D eigenvalue weighted by Crippen LogP contribution is -2.17. The van der Waals surface area contributed by atoms with Crippen molar-refractivity contribution in [3.05, 3.63) is 83.5 Å². The van der Waals surface area contributed by atoms with Crippen molar-refractivity contribution in [1.82, 2.24) is 4.98 Å². The minimum absolute atomic E-state index is 0.0101. The lowest BCUT2D eigenvalue weighted by molar-refractivity contribution is -0.143. The van der Waals surface area contributed by atoms with Crippen molar-refractivity contribution in [1.29, 1.82) is 0 Å². The summed E-state index contributed by atoms with van der Waals surface area (Å²) >= 11 is 0. The summed E-state index contributed by atoms with van der Waals surface area (Å²) in [6.07, 6.45) is 1.24. The number of benzene rings is 1. The zero-order chi connectivity index (χ0) is 24.3. The average Bonchev–Trinajstić information content (AvgIpc) is 2.79. The van der Waals surface area contributed by atoms with E-state index < -0.39 is 23.5 Å². The van der Waals surface area contributed by atoms with Crippen LogP contribution in [0.5, 0.6) is 0 Å². The zero-order valence-corrected chi connectivity index (χ0v) is 17.6. The van der Waals surface area contributed by atoms with Crippen LogP contribution in [0.3, 0.4) is 0 Å². The molecule has 0 fully saturated rings. The van der Waals surface area contributed by atoms with Crippen LogP contribution in [0.15, 0.2) is 77.3 Å². The van der Waals surface area contributed by atoms with Gasteiger partial charge in [-0.1, -0.05) is 23.8 Å². The van der Waals surface area contributed by atoms with E-state index >= 15 is 0 Å². The molecule has 0 atom stereocenters. The van der Waals surface area contributed by atoms with Crippen LogP contribution in [0, 0.1) is 0 Å². The Balaban J connectivity index is 1.60. The van der Waals surface area contributed by atoms with Crippen LogP contribution >= 0.6 is 0 Å². The summed E-state index contributed by atoms with van der Waals surface area (Å²) in [4.78, 5) is 8.26. The number of pyridine rings is 1. The van der Waals surface area contributed by atoms with Gasteiger partial charge in [-0.3, -0.25) is 0 Å². The first-order valence-electron chi connectivity index (χ1n) is 10.2. The number of aromatic nitrogens is 1. The Labute approximate surface area is 190 Å². The number of halogens is 6. The molecule has 2 aliphatic rings. The fraction of sp³-hybridized carbons (Fsp3) is 0.250. The highest BCUT2D eigenvalue weighted by atomic mass is 19.4. The highest BCUT2D eigenvalue weighted by Gasteiger charge is 2.37. The number of alkyl halides is 6. The molecule has 0 unspecified atom stereocenters. The van der Waals surface area contributed by atoms with E-state index in [9.17, 15) is 26.3 Å². The van der Waals surface area contributed by atoms with E-state index in [1.165, 1.54) is 24.6 Å². The van der Waals surface area contributed by atoms with E-state index in [1.54, 1.807) is 0 Å². The average molecular weight is 480 g/mol. The van der Waals surface area contributed by atoms with Gasteiger partial charge in [-0.2, -0.15) is 31.3 Å². The molecule has 1 aromatic heterocycles. The summed E-state index contributed by atoms with van der Waals surface area (Å²) < 4.78 is 90.3. The van der Waals surface area contributed by atoms with Crippen LogP contribution in [-0.4, -0.2) is 17.5 Å². The van der Waals surface area contributed by atoms with Gasteiger partial charge in [-0.25, -0.2) is 4.98 Å².